The number of hydrogen-bond donors (Lipinski definition) is 2. The molecule has 0 aliphatic carbocycles. The number of imidazole rings is 1. The molecule has 4 heteroatoms. The summed E-state index contributed by atoms with van der Waals surface area (Å²) in [5, 5.41) is 3.64. The molecule has 2 fully saturated rings. The van der Waals surface area contributed by atoms with Crippen LogP contribution in [-0.4, -0.2) is 35.6 Å². The van der Waals surface area contributed by atoms with Crippen LogP contribution in [0.25, 0.3) is 0 Å². The largest absolute Gasteiger partial charge is 0.342 e. The minimum absolute atomic E-state index is 0.787. The minimum atomic E-state index is 0.787. The van der Waals surface area contributed by atoms with E-state index < -0.39 is 0 Å². The monoisotopic (exact) mass is 234 g/mol. The third-order valence-electron chi connectivity index (χ3n) is 4.20. The third-order valence-corrected chi connectivity index (χ3v) is 4.20. The summed E-state index contributed by atoms with van der Waals surface area (Å²) < 4.78 is 0. The van der Waals surface area contributed by atoms with E-state index in [2.05, 4.69) is 27.1 Å². The van der Waals surface area contributed by atoms with Crippen molar-refractivity contribution in [2.45, 2.75) is 38.6 Å². The molecule has 1 aromatic heterocycles. The van der Waals surface area contributed by atoms with E-state index >= 15 is 0 Å². The number of rotatable bonds is 2. The first-order valence-corrected chi connectivity index (χ1v) is 6.83. The SMILES string of the molecule is Cc1cnc(N2CCC(C3CCCN3)CC2)[nH]1. The van der Waals surface area contributed by atoms with Crippen LogP contribution in [0.1, 0.15) is 31.4 Å². The highest BCUT2D eigenvalue weighted by molar-refractivity contribution is 5.31. The Balaban J connectivity index is 1.56. The summed E-state index contributed by atoms with van der Waals surface area (Å²) >= 11 is 0. The van der Waals surface area contributed by atoms with Crippen molar-refractivity contribution in [2.75, 3.05) is 24.5 Å². The summed E-state index contributed by atoms with van der Waals surface area (Å²) in [5.41, 5.74) is 1.15. The maximum absolute atomic E-state index is 4.42. The number of aromatic nitrogens is 2. The van der Waals surface area contributed by atoms with Gasteiger partial charge in [0.05, 0.1) is 0 Å². The lowest BCUT2D eigenvalue weighted by Gasteiger charge is -2.34. The molecule has 0 bridgehead atoms. The van der Waals surface area contributed by atoms with Crippen LogP contribution in [-0.2, 0) is 0 Å². The van der Waals surface area contributed by atoms with E-state index in [4.69, 9.17) is 0 Å². The fourth-order valence-corrected chi connectivity index (χ4v) is 3.19. The van der Waals surface area contributed by atoms with E-state index in [1.54, 1.807) is 0 Å². The maximum atomic E-state index is 4.42. The maximum Gasteiger partial charge on any atom is 0.202 e. The second-order valence-corrected chi connectivity index (χ2v) is 5.42. The zero-order valence-electron chi connectivity index (χ0n) is 10.6. The van der Waals surface area contributed by atoms with Crippen molar-refractivity contribution in [3.8, 4) is 0 Å². The Kier molecular flexibility index (Phi) is 3.05. The molecule has 1 atom stereocenters. The fourth-order valence-electron chi connectivity index (χ4n) is 3.19. The Morgan fingerprint density at radius 3 is 2.71 bits per heavy atom. The molecule has 0 radical (unpaired) electrons. The van der Waals surface area contributed by atoms with Crippen LogP contribution >= 0.6 is 0 Å². The van der Waals surface area contributed by atoms with Crippen molar-refractivity contribution >= 4 is 5.95 Å². The van der Waals surface area contributed by atoms with Gasteiger partial charge in [-0.15, -0.1) is 0 Å². The van der Waals surface area contributed by atoms with Gasteiger partial charge in [0.15, 0.2) is 0 Å². The van der Waals surface area contributed by atoms with Gasteiger partial charge in [-0.25, -0.2) is 4.98 Å². The molecule has 2 N–H and O–H groups in total. The van der Waals surface area contributed by atoms with E-state index in [0.717, 1.165) is 36.7 Å². The van der Waals surface area contributed by atoms with Crippen LogP contribution in [0.5, 0.6) is 0 Å². The Hall–Kier alpha value is -1.03. The van der Waals surface area contributed by atoms with Gasteiger partial charge >= 0.3 is 0 Å². The Bertz CT molecular complexity index is 359. The number of piperidine rings is 1. The van der Waals surface area contributed by atoms with Gasteiger partial charge in [-0.1, -0.05) is 0 Å². The van der Waals surface area contributed by atoms with E-state index in [1.807, 2.05) is 6.20 Å². The molecule has 3 heterocycles. The molecule has 0 spiro atoms. The number of aromatic amines is 1. The average Bonchev–Trinajstić information content (AvgIpc) is 3.00. The molecular weight excluding hydrogens is 212 g/mol. The van der Waals surface area contributed by atoms with Gasteiger partial charge in [0.1, 0.15) is 0 Å². The lowest BCUT2D eigenvalue weighted by Crippen LogP contribution is -2.41. The van der Waals surface area contributed by atoms with Gasteiger partial charge < -0.3 is 15.2 Å². The van der Waals surface area contributed by atoms with Crippen molar-refractivity contribution in [1.29, 1.82) is 0 Å². The van der Waals surface area contributed by atoms with Gasteiger partial charge in [0.25, 0.3) is 0 Å². The van der Waals surface area contributed by atoms with Gasteiger partial charge in [-0.05, 0) is 45.1 Å². The van der Waals surface area contributed by atoms with E-state index in [1.165, 1.54) is 32.2 Å². The summed E-state index contributed by atoms with van der Waals surface area (Å²) in [6.45, 7) is 5.58. The van der Waals surface area contributed by atoms with Crippen molar-refractivity contribution in [3.05, 3.63) is 11.9 Å². The summed E-state index contributed by atoms with van der Waals surface area (Å²) in [6, 6.07) is 0.787. The van der Waals surface area contributed by atoms with Gasteiger partial charge in [0.2, 0.25) is 5.95 Å². The van der Waals surface area contributed by atoms with Crippen LogP contribution in [0.4, 0.5) is 5.95 Å². The molecule has 2 aliphatic rings. The Morgan fingerprint density at radius 2 is 2.12 bits per heavy atom. The Morgan fingerprint density at radius 1 is 1.29 bits per heavy atom. The molecule has 3 rings (SSSR count). The number of aryl methyl sites for hydroxylation is 1. The summed E-state index contributed by atoms with van der Waals surface area (Å²) in [4.78, 5) is 10.1. The zero-order chi connectivity index (χ0) is 11.7. The van der Waals surface area contributed by atoms with Crippen LogP contribution in [0.15, 0.2) is 6.20 Å². The van der Waals surface area contributed by atoms with Crippen molar-refractivity contribution < 1.29 is 0 Å². The first kappa shape index (κ1) is 11.1. The second kappa shape index (κ2) is 4.69. The summed E-state index contributed by atoms with van der Waals surface area (Å²) in [7, 11) is 0. The lowest BCUT2D eigenvalue weighted by molar-refractivity contribution is 0.318. The standard InChI is InChI=1S/C13H22N4/c1-10-9-15-13(16-10)17-7-4-11(5-8-17)12-3-2-6-14-12/h9,11-12,14H,2-8H2,1H3,(H,15,16). The normalized spacial score (nSPS) is 26.6. The van der Waals surface area contributed by atoms with Crippen molar-refractivity contribution in [2.24, 2.45) is 5.92 Å². The number of H-pyrrole nitrogens is 1. The zero-order valence-corrected chi connectivity index (χ0v) is 10.6. The molecular formula is C13H22N4. The van der Waals surface area contributed by atoms with Crippen LogP contribution < -0.4 is 10.2 Å². The number of anilines is 1. The lowest BCUT2D eigenvalue weighted by atomic mass is 9.89. The topological polar surface area (TPSA) is 44.0 Å². The van der Waals surface area contributed by atoms with Crippen molar-refractivity contribution in [1.82, 2.24) is 15.3 Å². The van der Waals surface area contributed by atoms with E-state index in [-0.39, 0.29) is 0 Å². The molecule has 17 heavy (non-hydrogen) atoms. The summed E-state index contributed by atoms with van der Waals surface area (Å²) in [5.74, 6) is 1.94. The molecule has 1 aromatic rings. The smallest absolute Gasteiger partial charge is 0.202 e. The quantitative estimate of drug-likeness (QED) is 0.818. The number of nitrogens with one attached hydrogen (secondary N) is 2. The molecule has 94 valence electrons. The highest BCUT2D eigenvalue weighted by Gasteiger charge is 2.28. The molecule has 0 aromatic carbocycles. The first-order valence-electron chi connectivity index (χ1n) is 6.83. The molecule has 1 unspecified atom stereocenters. The van der Waals surface area contributed by atoms with Gasteiger partial charge in [0, 0.05) is 31.0 Å². The molecule has 0 amide bonds. The first-order chi connectivity index (χ1) is 8.33. The number of nitrogens with zero attached hydrogens (tertiary/aromatic N) is 2. The molecule has 2 aliphatic heterocycles. The highest BCUT2D eigenvalue weighted by Crippen LogP contribution is 2.27. The van der Waals surface area contributed by atoms with Gasteiger partial charge in [-0.2, -0.15) is 0 Å². The van der Waals surface area contributed by atoms with Gasteiger partial charge in [-0.3, -0.25) is 0 Å². The predicted octanol–water partition coefficient (Wildman–Crippen LogP) is 1.69. The minimum Gasteiger partial charge on any atom is -0.342 e. The predicted molar refractivity (Wildman–Crippen MR) is 69.3 cm³/mol. The summed E-state index contributed by atoms with van der Waals surface area (Å²) in [6.07, 6.45) is 7.27. The highest BCUT2D eigenvalue weighted by atomic mass is 15.3. The third kappa shape index (κ3) is 2.32. The van der Waals surface area contributed by atoms with Crippen LogP contribution in [0.2, 0.25) is 0 Å². The fraction of sp³-hybridized carbons (Fsp3) is 0.769. The molecule has 2 saturated heterocycles. The number of hydrogen-bond acceptors (Lipinski definition) is 3. The Labute approximate surface area is 103 Å². The van der Waals surface area contributed by atoms with E-state index in [9.17, 15) is 0 Å². The van der Waals surface area contributed by atoms with Crippen molar-refractivity contribution in [3.63, 3.8) is 0 Å². The average molecular weight is 234 g/mol. The second-order valence-electron chi connectivity index (χ2n) is 5.42. The molecule has 4 nitrogen and oxygen atoms in total. The van der Waals surface area contributed by atoms with Crippen LogP contribution in [0, 0.1) is 12.8 Å². The van der Waals surface area contributed by atoms with E-state index in [0.29, 0.717) is 0 Å². The molecule has 0 saturated carbocycles. The van der Waals surface area contributed by atoms with Crippen LogP contribution in [0.3, 0.4) is 0 Å².